The molecule has 114 valence electrons. The van der Waals surface area contributed by atoms with Crippen LogP contribution in [0.15, 0.2) is 36.4 Å². The van der Waals surface area contributed by atoms with Gasteiger partial charge in [-0.05, 0) is 29.8 Å². The predicted molar refractivity (Wildman–Crippen MR) is 80.2 cm³/mol. The molecular formula is C16H16N2O4. The quantitative estimate of drug-likeness (QED) is 0.802. The first-order chi connectivity index (χ1) is 10.4. The van der Waals surface area contributed by atoms with Crippen LogP contribution < -0.4 is 5.32 Å². The molecule has 0 aliphatic rings. The van der Waals surface area contributed by atoms with E-state index in [0.717, 1.165) is 5.56 Å². The van der Waals surface area contributed by atoms with Crippen LogP contribution in [0.2, 0.25) is 0 Å². The van der Waals surface area contributed by atoms with Crippen LogP contribution in [0.4, 0.5) is 0 Å². The van der Waals surface area contributed by atoms with Crippen LogP contribution in [0.3, 0.4) is 0 Å². The van der Waals surface area contributed by atoms with Gasteiger partial charge in [0.2, 0.25) is 0 Å². The predicted octanol–water partition coefficient (Wildman–Crippen LogP) is 2.00. The van der Waals surface area contributed by atoms with Crippen LogP contribution in [0.5, 0.6) is 5.75 Å². The van der Waals surface area contributed by atoms with E-state index in [-0.39, 0.29) is 22.9 Å². The molecule has 0 saturated carbocycles. The van der Waals surface area contributed by atoms with Crippen molar-refractivity contribution in [3.8, 4) is 5.75 Å². The molecule has 22 heavy (non-hydrogen) atoms. The van der Waals surface area contributed by atoms with Crippen molar-refractivity contribution in [1.82, 2.24) is 10.3 Å². The summed E-state index contributed by atoms with van der Waals surface area (Å²) in [5.41, 5.74) is 1.27. The van der Waals surface area contributed by atoms with E-state index < -0.39 is 11.9 Å². The molecule has 0 aliphatic carbocycles. The highest BCUT2D eigenvalue weighted by atomic mass is 16.4. The van der Waals surface area contributed by atoms with Crippen molar-refractivity contribution in [3.05, 3.63) is 58.9 Å². The van der Waals surface area contributed by atoms with Crippen LogP contribution in [0.1, 0.15) is 44.9 Å². The van der Waals surface area contributed by atoms with Crippen LogP contribution in [-0.4, -0.2) is 34.1 Å². The van der Waals surface area contributed by atoms with Crippen molar-refractivity contribution in [1.29, 1.82) is 0 Å². The number of rotatable bonds is 4. The van der Waals surface area contributed by atoms with Gasteiger partial charge in [-0.2, -0.15) is 0 Å². The highest BCUT2D eigenvalue weighted by Gasteiger charge is 2.17. The summed E-state index contributed by atoms with van der Waals surface area (Å²) >= 11 is 0. The number of hydrogen-bond donors (Lipinski definition) is 3. The Morgan fingerprint density at radius 3 is 2.55 bits per heavy atom. The number of nitrogens with one attached hydrogen (secondary N) is 1. The van der Waals surface area contributed by atoms with E-state index in [2.05, 4.69) is 10.3 Å². The lowest BCUT2D eigenvalue weighted by molar-refractivity contribution is 0.0696. The smallest absolute Gasteiger partial charge is 0.335 e. The van der Waals surface area contributed by atoms with E-state index >= 15 is 0 Å². The maximum Gasteiger partial charge on any atom is 0.335 e. The summed E-state index contributed by atoms with van der Waals surface area (Å²) in [5.74, 6) is -1.73. The second-order valence-corrected chi connectivity index (χ2v) is 4.87. The number of benzene rings is 1. The van der Waals surface area contributed by atoms with Gasteiger partial charge in [-0.3, -0.25) is 4.79 Å². The SMILES string of the molecule is CNC(=O)c1cc(C(=O)O)cc(C(C)c2cccc(O)c2)n1. The summed E-state index contributed by atoms with van der Waals surface area (Å²) < 4.78 is 0. The minimum absolute atomic E-state index is 0.00407. The van der Waals surface area contributed by atoms with Gasteiger partial charge in [-0.25, -0.2) is 9.78 Å². The molecule has 3 N–H and O–H groups in total. The summed E-state index contributed by atoms with van der Waals surface area (Å²) in [4.78, 5) is 27.2. The molecule has 6 heteroatoms. The van der Waals surface area contributed by atoms with Gasteiger partial charge >= 0.3 is 5.97 Å². The molecule has 1 heterocycles. The monoisotopic (exact) mass is 300 g/mol. The third-order valence-electron chi connectivity index (χ3n) is 3.37. The maximum atomic E-state index is 11.7. The lowest BCUT2D eigenvalue weighted by atomic mass is 9.95. The Balaban J connectivity index is 2.51. The van der Waals surface area contributed by atoms with E-state index in [4.69, 9.17) is 0 Å². The lowest BCUT2D eigenvalue weighted by Gasteiger charge is -2.14. The molecule has 0 aliphatic heterocycles. The molecule has 1 aromatic heterocycles. The maximum absolute atomic E-state index is 11.7. The van der Waals surface area contributed by atoms with Crippen LogP contribution in [0.25, 0.3) is 0 Å². The molecule has 2 rings (SSSR count). The van der Waals surface area contributed by atoms with Crippen molar-refractivity contribution < 1.29 is 19.8 Å². The number of aromatic carboxylic acids is 1. The number of nitrogens with zero attached hydrogens (tertiary/aromatic N) is 1. The fourth-order valence-electron chi connectivity index (χ4n) is 2.11. The Bertz CT molecular complexity index is 728. The molecule has 0 saturated heterocycles. The van der Waals surface area contributed by atoms with Gasteiger partial charge in [0, 0.05) is 18.7 Å². The van der Waals surface area contributed by atoms with Crippen molar-refractivity contribution >= 4 is 11.9 Å². The molecule has 0 radical (unpaired) electrons. The number of pyridine rings is 1. The number of carboxylic acids is 1. The molecule has 1 unspecified atom stereocenters. The standard InChI is InChI=1S/C16H16N2O4/c1-9(10-4-3-5-12(19)6-10)13-7-11(16(21)22)8-14(18-13)15(20)17-2/h3-9,19H,1-2H3,(H,17,20)(H,21,22). The summed E-state index contributed by atoms with van der Waals surface area (Å²) in [6.07, 6.45) is 0. The average Bonchev–Trinajstić information content (AvgIpc) is 2.52. The Kier molecular flexibility index (Phi) is 4.41. The van der Waals surface area contributed by atoms with E-state index in [1.165, 1.54) is 19.2 Å². The van der Waals surface area contributed by atoms with Gasteiger partial charge in [0.25, 0.3) is 5.91 Å². The fourth-order valence-corrected chi connectivity index (χ4v) is 2.11. The summed E-state index contributed by atoms with van der Waals surface area (Å²) in [7, 11) is 1.45. The Labute approximate surface area is 127 Å². The van der Waals surface area contributed by atoms with Gasteiger partial charge in [0.1, 0.15) is 11.4 Å². The van der Waals surface area contributed by atoms with Gasteiger partial charge in [0.15, 0.2) is 0 Å². The van der Waals surface area contributed by atoms with Gasteiger partial charge < -0.3 is 15.5 Å². The molecule has 1 amide bonds. The van der Waals surface area contributed by atoms with Crippen molar-refractivity contribution in [2.75, 3.05) is 7.05 Å². The van der Waals surface area contributed by atoms with E-state index in [1.807, 2.05) is 6.92 Å². The summed E-state index contributed by atoms with van der Waals surface area (Å²) in [5, 5.41) is 21.2. The third-order valence-corrected chi connectivity index (χ3v) is 3.37. The van der Waals surface area contributed by atoms with Crippen LogP contribution >= 0.6 is 0 Å². The number of aromatic nitrogens is 1. The third kappa shape index (κ3) is 3.22. The van der Waals surface area contributed by atoms with Crippen LogP contribution in [-0.2, 0) is 0 Å². The Morgan fingerprint density at radius 1 is 1.23 bits per heavy atom. The molecule has 6 nitrogen and oxygen atoms in total. The molecular weight excluding hydrogens is 284 g/mol. The number of hydrogen-bond acceptors (Lipinski definition) is 4. The number of carbonyl (C=O) groups is 2. The number of phenols is 1. The minimum Gasteiger partial charge on any atom is -0.508 e. The van der Waals surface area contributed by atoms with Crippen molar-refractivity contribution in [2.45, 2.75) is 12.8 Å². The molecule has 1 atom stereocenters. The van der Waals surface area contributed by atoms with E-state index in [9.17, 15) is 19.8 Å². The first-order valence-electron chi connectivity index (χ1n) is 6.68. The van der Waals surface area contributed by atoms with Crippen molar-refractivity contribution in [3.63, 3.8) is 0 Å². The highest BCUT2D eigenvalue weighted by molar-refractivity contribution is 5.95. The summed E-state index contributed by atoms with van der Waals surface area (Å²) in [6.45, 7) is 1.83. The number of phenolic OH excluding ortho intramolecular Hbond substituents is 1. The molecule has 1 aromatic carbocycles. The number of carboxylic acid groups (broad SMARTS) is 1. The zero-order valence-corrected chi connectivity index (χ0v) is 12.2. The van der Waals surface area contributed by atoms with E-state index in [1.54, 1.807) is 24.3 Å². The second-order valence-electron chi connectivity index (χ2n) is 4.87. The zero-order valence-electron chi connectivity index (χ0n) is 12.2. The van der Waals surface area contributed by atoms with E-state index in [0.29, 0.717) is 5.69 Å². The number of amides is 1. The van der Waals surface area contributed by atoms with Gasteiger partial charge in [-0.1, -0.05) is 19.1 Å². The fraction of sp³-hybridized carbons (Fsp3) is 0.188. The Hall–Kier alpha value is -2.89. The zero-order chi connectivity index (χ0) is 16.3. The molecule has 0 bridgehead atoms. The highest BCUT2D eigenvalue weighted by Crippen LogP contribution is 2.26. The Morgan fingerprint density at radius 2 is 1.95 bits per heavy atom. The molecule has 2 aromatic rings. The average molecular weight is 300 g/mol. The summed E-state index contributed by atoms with van der Waals surface area (Å²) in [6, 6.07) is 9.30. The van der Waals surface area contributed by atoms with Crippen molar-refractivity contribution in [2.24, 2.45) is 0 Å². The normalized spacial score (nSPS) is 11.7. The minimum atomic E-state index is -1.13. The topological polar surface area (TPSA) is 99.5 Å². The van der Waals surface area contributed by atoms with Crippen LogP contribution in [0, 0.1) is 0 Å². The molecule has 0 spiro atoms. The van der Waals surface area contributed by atoms with Gasteiger partial charge in [-0.15, -0.1) is 0 Å². The first kappa shape index (κ1) is 15.5. The second kappa shape index (κ2) is 6.26. The lowest BCUT2D eigenvalue weighted by Crippen LogP contribution is -2.21. The number of aromatic hydroxyl groups is 1. The number of carbonyl (C=O) groups excluding carboxylic acids is 1. The first-order valence-corrected chi connectivity index (χ1v) is 6.68. The largest absolute Gasteiger partial charge is 0.508 e. The van der Waals surface area contributed by atoms with Gasteiger partial charge in [0.05, 0.1) is 5.56 Å². The molecule has 0 fully saturated rings.